The first-order valence-electron chi connectivity index (χ1n) is 3.60. The minimum atomic E-state index is -0.678. The largest absolute Gasteiger partial charge is 0.308 e. The Morgan fingerprint density at radius 1 is 1.42 bits per heavy atom. The summed E-state index contributed by atoms with van der Waals surface area (Å²) in [6, 6.07) is 0. The Labute approximate surface area is 79.4 Å². The van der Waals surface area contributed by atoms with Crippen LogP contribution in [0.4, 0.5) is 4.39 Å². The molecule has 1 heterocycles. The van der Waals surface area contributed by atoms with Gasteiger partial charge >= 0.3 is 6.08 Å². The molecule has 0 aliphatic carbocycles. The van der Waals surface area contributed by atoms with E-state index in [1.807, 2.05) is 20.8 Å². The second-order valence-corrected chi connectivity index (χ2v) is 4.44. The average molecular weight is 233 g/mol. The maximum atomic E-state index is 12.6. The molecule has 0 fully saturated rings. The lowest BCUT2D eigenvalue weighted by Crippen LogP contribution is -2.15. The summed E-state index contributed by atoms with van der Waals surface area (Å²) < 4.78 is 13.4. The van der Waals surface area contributed by atoms with Crippen molar-refractivity contribution < 1.29 is 4.39 Å². The zero-order valence-electron chi connectivity index (χ0n) is 7.23. The molecule has 0 N–H and O–H groups in total. The molecule has 0 aliphatic rings. The van der Waals surface area contributed by atoms with E-state index < -0.39 is 6.08 Å². The van der Waals surface area contributed by atoms with Crippen LogP contribution in [0.25, 0.3) is 0 Å². The molecule has 1 aromatic rings. The predicted molar refractivity (Wildman–Crippen MR) is 48.4 cm³/mol. The number of rotatable bonds is 0. The SMILES string of the molecule is CC(C)(C)c1nc(F)ncc1Br. The molecular weight excluding hydrogens is 223 g/mol. The molecule has 12 heavy (non-hydrogen) atoms. The lowest BCUT2D eigenvalue weighted by atomic mass is 9.92. The van der Waals surface area contributed by atoms with Gasteiger partial charge in [0.05, 0.1) is 10.2 Å². The van der Waals surface area contributed by atoms with Crippen LogP contribution in [-0.2, 0) is 5.41 Å². The lowest BCUT2D eigenvalue weighted by Gasteiger charge is -2.18. The maximum Gasteiger partial charge on any atom is 0.308 e. The zero-order valence-corrected chi connectivity index (χ0v) is 8.81. The van der Waals surface area contributed by atoms with Crippen molar-refractivity contribution in [3.63, 3.8) is 0 Å². The first-order chi connectivity index (χ1) is 5.41. The van der Waals surface area contributed by atoms with Gasteiger partial charge < -0.3 is 0 Å². The van der Waals surface area contributed by atoms with E-state index in [2.05, 4.69) is 25.9 Å². The Bertz CT molecular complexity index is 294. The fourth-order valence-corrected chi connectivity index (χ4v) is 1.66. The van der Waals surface area contributed by atoms with Gasteiger partial charge in [0.15, 0.2) is 0 Å². The Kier molecular flexibility index (Phi) is 2.46. The number of hydrogen-bond acceptors (Lipinski definition) is 2. The van der Waals surface area contributed by atoms with Crippen molar-refractivity contribution in [2.75, 3.05) is 0 Å². The second kappa shape index (κ2) is 3.09. The van der Waals surface area contributed by atoms with Crippen LogP contribution in [-0.4, -0.2) is 9.97 Å². The van der Waals surface area contributed by atoms with E-state index in [9.17, 15) is 4.39 Å². The number of nitrogens with zero attached hydrogens (tertiary/aromatic N) is 2. The third-order valence-corrected chi connectivity index (χ3v) is 2.01. The summed E-state index contributed by atoms with van der Waals surface area (Å²) in [5.41, 5.74) is 0.526. The van der Waals surface area contributed by atoms with Gasteiger partial charge in [-0.2, -0.15) is 4.39 Å². The van der Waals surface area contributed by atoms with E-state index in [0.29, 0.717) is 5.69 Å². The molecule has 0 saturated carbocycles. The van der Waals surface area contributed by atoms with E-state index in [1.165, 1.54) is 6.20 Å². The molecule has 0 bridgehead atoms. The first kappa shape index (κ1) is 9.58. The number of hydrogen-bond donors (Lipinski definition) is 0. The monoisotopic (exact) mass is 232 g/mol. The normalized spacial score (nSPS) is 11.8. The molecule has 0 aromatic carbocycles. The Morgan fingerprint density at radius 2 is 2.00 bits per heavy atom. The fraction of sp³-hybridized carbons (Fsp3) is 0.500. The van der Waals surface area contributed by atoms with Gasteiger partial charge in [-0.15, -0.1) is 0 Å². The van der Waals surface area contributed by atoms with E-state index in [1.54, 1.807) is 0 Å². The summed E-state index contributed by atoms with van der Waals surface area (Å²) in [6.07, 6.45) is 0.756. The van der Waals surface area contributed by atoms with Gasteiger partial charge in [-0.3, -0.25) is 0 Å². The molecule has 66 valence electrons. The minimum Gasteiger partial charge on any atom is -0.210 e. The summed E-state index contributed by atoms with van der Waals surface area (Å²) in [5.74, 6) is 0. The highest BCUT2D eigenvalue weighted by atomic mass is 79.9. The smallest absolute Gasteiger partial charge is 0.210 e. The van der Waals surface area contributed by atoms with Gasteiger partial charge in [0, 0.05) is 11.6 Å². The van der Waals surface area contributed by atoms with Crippen LogP contribution in [0, 0.1) is 6.08 Å². The van der Waals surface area contributed by atoms with Gasteiger partial charge in [-0.05, 0) is 15.9 Å². The molecule has 0 spiro atoms. The zero-order chi connectivity index (χ0) is 9.35. The van der Waals surface area contributed by atoms with Crippen LogP contribution in [0.3, 0.4) is 0 Å². The Hall–Kier alpha value is -0.510. The summed E-state index contributed by atoms with van der Waals surface area (Å²) in [5, 5.41) is 0. The van der Waals surface area contributed by atoms with Crippen molar-refractivity contribution >= 4 is 15.9 Å². The Morgan fingerprint density at radius 3 is 2.42 bits per heavy atom. The van der Waals surface area contributed by atoms with Crippen LogP contribution in [0.1, 0.15) is 26.5 Å². The van der Waals surface area contributed by atoms with E-state index in [-0.39, 0.29) is 5.41 Å². The molecule has 1 rings (SSSR count). The topological polar surface area (TPSA) is 25.8 Å². The molecule has 1 aromatic heterocycles. The molecule has 0 amide bonds. The van der Waals surface area contributed by atoms with Crippen molar-refractivity contribution in [2.24, 2.45) is 0 Å². The summed E-state index contributed by atoms with van der Waals surface area (Å²) in [6.45, 7) is 5.92. The molecular formula is C8H10BrFN2. The van der Waals surface area contributed by atoms with Gasteiger partial charge in [-0.1, -0.05) is 20.8 Å². The van der Waals surface area contributed by atoms with Crippen molar-refractivity contribution in [1.82, 2.24) is 9.97 Å². The van der Waals surface area contributed by atoms with E-state index >= 15 is 0 Å². The van der Waals surface area contributed by atoms with E-state index in [4.69, 9.17) is 0 Å². The maximum absolute atomic E-state index is 12.6. The molecule has 0 radical (unpaired) electrons. The third-order valence-electron chi connectivity index (χ3n) is 1.43. The van der Waals surface area contributed by atoms with Crippen molar-refractivity contribution in [1.29, 1.82) is 0 Å². The molecule has 0 saturated heterocycles. The highest BCUT2D eigenvalue weighted by molar-refractivity contribution is 9.10. The predicted octanol–water partition coefficient (Wildman–Crippen LogP) is 2.68. The average Bonchev–Trinajstić information content (AvgIpc) is 1.92. The quantitative estimate of drug-likeness (QED) is 0.644. The van der Waals surface area contributed by atoms with Crippen LogP contribution in [0.2, 0.25) is 0 Å². The van der Waals surface area contributed by atoms with Crippen LogP contribution >= 0.6 is 15.9 Å². The molecule has 0 aliphatic heterocycles. The minimum absolute atomic E-state index is 0.164. The fourth-order valence-electron chi connectivity index (χ4n) is 0.872. The van der Waals surface area contributed by atoms with E-state index in [0.717, 1.165) is 4.47 Å². The standard InChI is InChI=1S/C8H10BrFN2/c1-8(2,3)6-5(9)4-11-7(10)12-6/h4H,1-3H3. The summed E-state index contributed by atoms with van der Waals surface area (Å²) in [7, 11) is 0. The highest BCUT2D eigenvalue weighted by Crippen LogP contribution is 2.26. The molecule has 0 unspecified atom stereocenters. The van der Waals surface area contributed by atoms with Crippen molar-refractivity contribution in [2.45, 2.75) is 26.2 Å². The van der Waals surface area contributed by atoms with Crippen molar-refractivity contribution in [3.8, 4) is 0 Å². The Balaban J connectivity index is 3.23. The van der Waals surface area contributed by atoms with Gasteiger partial charge in [-0.25, -0.2) is 9.97 Å². The van der Waals surface area contributed by atoms with Crippen molar-refractivity contribution in [3.05, 3.63) is 22.4 Å². The highest BCUT2D eigenvalue weighted by Gasteiger charge is 2.19. The summed E-state index contributed by atoms with van der Waals surface area (Å²) in [4.78, 5) is 7.15. The lowest BCUT2D eigenvalue weighted by molar-refractivity contribution is 0.493. The second-order valence-electron chi connectivity index (χ2n) is 3.59. The van der Waals surface area contributed by atoms with Gasteiger partial charge in [0.25, 0.3) is 0 Å². The number of halogens is 2. The molecule has 0 atom stereocenters. The van der Waals surface area contributed by atoms with Crippen LogP contribution in [0.15, 0.2) is 10.7 Å². The molecule has 4 heteroatoms. The van der Waals surface area contributed by atoms with Gasteiger partial charge in [0.2, 0.25) is 0 Å². The summed E-state index contributed by atoms with van der Waals surface area (Å²) >= 11 is 3.27. The first-order valence-corrected chi connectivity index (χ1v) is 4.39. The number of aromatic nitrogens is 2. The molecule has 2 nitrogen and oxygen atoms in total. The third kappa shape index (κ3) is 2.00. The van der Waals surface area contributed by atoms with Crippen LogP contribution in [0.5, 0.6) is 0 Å². The van der Waals surface area contributed by atoms with Gasteiger partial charge in [0.1, 0.15) is 0 Å². The van der Waals surface area contributed by atoms with Crippen LogP contribution < -0.4 is 0 Å².